The first-order valence-corrected chi connectivity index (χ1v) is 16.6. The van der Waals surface area contributed by atoms with Gasteiger partial charge in [0.05, 0.1) is 32.5 Å². The van der Waals surface area contributed by atoms with E-state index in [1.165, 1.54) is 18.6 Å². The number of anilines is 2. The molecule has 0 bridgehead atoms. The molecule has 3 aliphatic heterocycles. The Morgan fingerprint density at radius 2 is 0.978 bits per heavy atom. The molecule has 0 atom stereocenters. The van der Waals surface area contributed by atoms with Gasteiger partial charge in [-0.05, 0) is 69.2 Å². The van der Waals surface area contributed by atoms with Crippen LogP contribution < -0.4 is 21.8 Å². The summed E-state index contributed by atoms with van der Waals surface area (Å²) in [6, 6.07) is 5.45. The number of hydrogen-bond acceptors (Lipinski definition) is 4. The fraction of sp³-hybridized carbons (Fsp3) is 0.419. The molecule has 2 aromatic heterocycles. The Labute approximate surface area is 278 Å². The van der Waals surface area contributed by atoms with E-state index in [-0.39, 0.29) is 49.2 Å². The summed E-state index contributed by atoms with van der Waals surface area (Å²) in [4.78, 5) is 27.4. The summed E-state index contributed by atoms with van der Waals surface area (Å²) in [6.45, 7) is 4.32. The van der Waals surface area contributed by atoms with Crippen molar-refractivity contribution >= 4 is 57.8 Å². The highest BCUT2D eigenvalue weighted by Gasteiger charge is 2.27. The number of nitrogens with two attached hydrogens (primary N) is 1. The van der Waals surface area contributed by atoms with Crippen molar-refractivity contribution in [2.75, 3.05) is 23.7 Å². The van der Waals surface area contributed by atoms with Crippen LogP contribution in [0.4, 0.5) is 20.2 Å². The fourth-order valence-corrected chi connectivity index (χ4v) is 7.51. The molecular formula is C31H32Cl4F2N6O2. The maximum atomic E-state index is 14.7. The van der Waals surface area contributed by atoms with Gasteiger partial charge >= 0.3 is 0 Å². The Kier molecular flexibility index (Phi) is 9.30. The molecule has 45 heavy (non-hydrogen) atoms. The van der Waals surface area contributed by atoms with Crippen molar-refractivity contribution in [3.05, 3.63) is 77.0 Å². The Balaban J connectivity index is 0.000000163. The van der Waals surface area contributed by atoms with Crippen LogP contribution in [-0.4, -0.2) is 31.8 Å². The highest BCUT2D eigenvalue weighted by Crippen LogP contribution is 2.37. The minimum Gasteiger partial charge on any atom is -0.398 e. The van der Waals surface area contributed by atoms with E-state index >= 15 is 0 Å². The molecule has 5 heterocycles. The fourth-order valence-electron chi connectivity index (χ4n) is 6.37. The highest BCUT2D eigenvalue weighted by molar-refractivity contribution is 6.34. The van der Waals surface area contributed by atoms with Crippen LogP contribution in [0.2, 0.25) is 20.4 Å². The summed E-state index contributed by atoms with van der Waals surface area (Å²) in [6.07, 6.45) is 7.13. The van der Waals surface area contributed by atoms with E-state index in [4.69, 9.17) is 52.1 Å². The second-order valence-electron chi connectivity index (χ2n) is 11.5. The zero-order chi connectivity index (χ0) is 32.0. The lowest BCUT2D eigenvalue weighted by Crippen LogP contribution is -2.29. The van der Waals surface area contributed by atoms with Crippen molar-refractivity contribution < 1.29 is 8.78 Å². The van der Waals surface area contributed by atoms with Crippen molar-refractivity contribution in [1.82, 2.24) is 18.7 Å². The van der Waals surface area contributed by atoms with Gasteiger partial charge < -0.3 is 10.6 Å². The predicted octanol–water partition coefficient (Wildman–Crippen LogP) is 7.69. The zero-order valence-corrected chi connectivity index (χ0v) is 27.4. The topological polar surface area (TPSA) is 83.1 Å². The average Bonchev–Trinajstić information content (AvgIpc) is 3.44. The van der Waals surface area contributed by atoms with E-state index in [1.54, 1.807) is 24.8 Å². The maximum absolute atomic E-state index is 14.7. The SMILES string of the molecule is Nc1cc(-c2c(Cl)n3n(c2=O)CCCC3)c(F)cc1Cl.O=c1c(-c2cc(N3CCCCC3)c(Cl)cc2F)c(Cl)n2n1CCCC2. The molecule has 0 aliphatic carbocycles. The molecule has 7 rings (SSSR count). The molecule has 0 saturated carbocycles. The molecule has 240 valence electrons. The Morgan fingerprint density at radius 1 is 0.556 bits per heavy atom. The van der Waals surface area contributed by atoms with Crippen LogP contribution in [0.3, 0.4) is 0 Å². The van der Waals surface area contributed by atoms with Gasteiger partial charge in [-0.3, -0.25) is 19.0 Å². The molecule has 0 unspecified atom stereocenters. The summed E-state index contributed by atoms with van der Waals surface area (Å²) in [7, 11) is 0. The summed E-state index contributed by atoms with van der Waals surface area (Å²) in [5, 5.41) is 1.06. The van der Waals surface area contributed by atoms with Gasteiger partial charge in [0.1, 0.15) is 21.9 Å². The molecule has 0 radical (unpaired) electrons. The Morgan fingerprint density at radius 3 is 1.47 bits per heavy atom. The number of benzene rings is 2. The van der Waals surface area contributed by atoms with E-state index in [0.29, 0.717) is 36.4 Å². The summed E-state index contributed by atoms with van der Waals surface area (Å²) in [5.74, 6) is -1.11. The quantitative estimate of drug-likeness (QED) is 0.223. The molecule has 2 N–H and O–H groups in total. The Bertz CT molecular complexity index is 1890. The molecule has 14 heteroatoms. The highest BCUT2D eigenvalue weighted by atomic mass is 35.5. The first-order chi connectivity index (χ1) is 21.6. The molecule has 1 fully saturated rings. The van der Waals surface area contributed by atoms with Crippen LogP contribution in [0.1, 0.15) is 44.9 Å². The van der Waals surface area contributed by atoms with E-state index in [9.17, 15) is 18.4 Å². The zero-order valence-electron chi connectivity index (χ0n) is 24.4. The average molecular weight is 700 g/mol. The van der Waals surface area contributed by atoms with Crippen LogP contribution in [-0.2, 0) is 26.2 Å². The van der Waals surface area contributed by atoms with Crippen LogP contribution in [0, 0.1) is 11.6 Å². The van der Waals surface area contributed by atoms with Crippen molar-refractivity contribution in [3.63, 3.8) is 0 Å². The van der Waals surface area contributed by atoms with Gasteiger partial charge in [0.2, 0.25) is 0 Å². The van der Waals surface area contributed by atoms with Crippen LogP contribution in [0.5, 0.6) is 0 Å². The number of piperidine rings is 1. The summed E-state index contributed by atoms with van der Waals surface area (Å²) < 4.78 is 35.4. The van der Waals surface area contributed by atoms with E-state index in [2.05, 4.69) is 4.90 Å². The van der Waals surface area contributed by atoms with E-state index < -0.39 is 11.6 Å². The third-order valence-electron chi connectivity index (χ3n) is 8.68. The lowest BCUT2D eigenvalue weighted by molar-refractivity contribution is 0.356. The molecular weight excluding hydrogens is 668 g/mol. The number of aromatic nitrogens is 4. The number of hydrogen-bond donors (Lipinski definition) is 1. The second-order valence-corrected chi connectivity index (χ2v) is 13.1. The van der Waals surface area contributed by atoms with Gasteiger partial charge in [0, 0.05) is 50.4 Å². The van der Waals surface area contributed by atoms with Crippen molar-refractivity contribution in [1.29, 1.82) is 0 Å². The van der Waals surface area contributed by atoms with Crippen molar-refractivity contribution in [2.24, 2.45) is 0 Å². The number of nitrogens with zero attached hydrogens (tertiary/aromatic N) is 5. The molecule has 3 aliphatic rings. The van der Waals surface area contributed by atoms with E-state index in [1.807, 2.05) is 0 Å². The largest absolute Gasteiger partial charge is 0.398 e. The molecule has 8 nitrogen and oxygen atoms in total. The van der Waals surface area contributed by atoms with Crippen LogP contribution >= 0.6 is 46.4 Å². The Hall–Kier alpha value is -2.92. The van der Waals surface area contributed by atoms with Gasteiger partial charge in [-0.2, -0.15) is 0 Å². The van der Waals surface area contributed by atoms with Gasteiger partial charge in [0.25, 0.3) is 11.1 Å². The standard InChI is InChI=1S/C18H20Cl2FN3O.C13H12Cl2FN3O/c19-13-11-14(21)12(10-15(13)22-6-2-1-3-7-22)16-17(20)23-8-4-5-9-24(23)18(16)25;14-8-6-9(16)7(5-10(8)17)11-12(15)18-3-1-2-4-19(18)13(11)20/h10-11H,1-9H2;5-6H,1-4,17H2. The number of fused-ring (bicyclic) bond motifs is 2. The molecule has 1 saturated heterocycles. The lowest BCUT2D eigenvalue weighted by Gasteiger charge is -2.30. The van der Waals surface area contributed by atoms with Gasteiger partial charge in [-0.1, -0.05) is 46.4 Å². The number of halogens is 6. The van der Waals surface area contributed by atoms with Crippen LogP contribution in [0.25, 0.3) is 22.3 Å². The molecule has 2 aromatic carbocycles. The third kappa shape index (κ3) is 5.90. The molecule has 0 amide bonds. The van der Waals surface area contributed by atoms with E-state index in [0.717, 1.165) is 63.4 Å². The lowest BCUT2D eigenvalue weighted by atomic mass is 10.1. The number of nitrogen functional groups attached to an aromatic ring is 1. The van der Waals surface area contributed by atoms with Gasteiger partial charge in [-0.15, -0.1) is 0 Å². The monoisotopic (exact) mass is 698 g/mol. The maximum Gasteiger partial charge on any atom is 0.276 e. The van der Waals surface area contributed by atoms with Crippen LogP contribution in [0.15, 0.2) is 33.9 Å². The first-order valence-electron chi connectivity index (χ1n) is 15.1. The number of rotatable bonds is 3. The smallest absolute Gasteiger partial charge is 0.276 e. The minimum absolute atomic E-state index is 0.0938. The van der Waals surface area contributed by atoms with Crippen molar-refractivity contribution in [2.45, 2.75) is 71.1 Å². The van der Waals surface area contributed by atoms with Gasteiger partial charge in [-0.25, -0.2) is 18.1 Å². The normalized spacial score (nSPS) is 16.2. The third-order valence-corrected chi connectivity index (χ3v) is 10.1. The minimum atomic E-state index is -0.605. The van der Waals surface area contributed by atoms with Gasteiger partial charge in [0.15, 0.2) is 0 Å². The first kappa shape index (κ1) is 32.0. The summed E-state index contributed by atoms with van der Waals surface area (Å²) in [5.41, 5.74) is 6.90. The molecule has 0 spiro atoms. The van der Waals surface area contributed by atoms with Crippen molar-refractivity contribution in [3.8, 4) is 22.3 Å². The second kappa shape index (κ2) is 13.1. The summed E-state index contributed by atoms with van der Waals surface area (Å²) >= 11 is 24.8. The molecule has 4 aromatic rings. The predicted molar refractivity (Wildman–Crippen MR) is 177 cm³/mol.